The Bertz CT molecular complexity index is 712. The Morgan fingerprint density at radius 2 is 1.88 bits per heavy atom. The lowest BCUT2D eigenvalue weighted by atomic mass is 10.2. The number of nitrogens with one attached hydrogen (secondary N) is 2. The number of hydrogen-bond donors (Lipinski definition) is 2. The molecule has 4 nitrogen and oxygen atoms in total. The van der Waals surface area contributed by atoms with Crippen molar-refractivity contribution in [2.24, 2.45) is 4.99 Å². The number of benzene rings is 1. The predicted molar refractivity (Wildman–Crippen MR) is 102 cm³/mol. The van der Waals surface area contributed by atoms with Crippen molar-refractivity contribution < 1.29 is 13.2 Å². The first kappa shape index (κ1) is 20.6. The fourth-order valence-corrected chi connectivity index (χ4v) is 3.61. The summed E-state index contributed by atoms with van der Waals surface area (Å²) in [6, 6.07) is 8.35. The highest BCUT2D eigenvalue weighted by Gasteiger charge is 2.33. The van der Waals surface area contributed by atoms with Crippen molar-refractivity contribution in [1.82, 2.24) is 15.6 Å². The third-order valence-electron chi connectivity index (χ3n) is 3.38. The van der Waals surface area contributed by atoms with E-state index >= 15 is 0 Å². The van der Waals surface area contributed by atoms with E-state index in [9.17, 15) is 13.2 Å². The number of alkyl halides is 3. The van der Waals surface area contributed by atoms with Gasteiger partial charge in [0.1, 0.15) is 0 Å². The van der Waals surface area contributed by atoms with Gasteiger partial charge < -0.3 is 10.6 Å². The average molecular weight is 403 g/mol. The second-order valence-corrected chi connectivity index (χ2v) is 7.57. The first-order valence-corrected chi connectivity index (χ1v) is 9.90. The standard InChI is InChI=1S/C17H21F3N4S2/c1-12-3-5-13(6-4-12)25-10-9-23-16(21-2)22-8-7-15-24-14(11-26-15)17(18,19)20/h3-6,11H,7-10H2,1-2H3,(H2,21,22,23). The highest BCUT2D eigenvalue weighted by molar-refractivity contribution is 7.99. The molecule has 0 amide bonds. The molecule has 0 unspecified atom stereocenters. The lowest BCUT2D eigenvalue weighted by Gasteiger charge is -2.11. The largest absolute Gasteiger partial charge is 0.434 e. The van der Waals surface area contributed by atoms with Gasteiger partial charge in [-0.1, -0.05) is 17.7 Å². The van der Waals surface area contributed by atoms with Gasteiger partial charge in [0.2, 0.25) is 0 Å². The van der Waals surface area contributed by atoms with Crippen molar-refractivity contribution in [1.29, 1.82) is 0 Å². The molecule has 0 aliphatic carbocycles. The quantitative estimate of drug-likeness (QED) is 0.318. The maximum Gasteiger partial charge on any atom is 0.434 e. The van der Waals surface area contributed by atoms with E-state index in [1.807, 2.05) is 0 Å². The molecule has 0 radical (unpaired) electrons. The van der Waals surface area contributed by atoms with Crippen LogP contribution >= 0.6 is 23.1 Å². The number of aliphatic imine (C=N–C) groups is 1. The molecular formula is C17H21F3N4S2. The van der Waals surface area contributed by atoms with Gasteiger partial charge in [0, 0.05) is 42.6 Å². The van der Waals surface area contributed by atoms with Crippen LogP contribution in [0.2, 0.25) is 0 Å². The number of thiazole rings is 1. The second-order valence-electron chi connectivity index (χ2n) is 5.46. The Labute approximate surface area is 159 Å². The molecule has 142 valence electrons. The summed E-state index contributed by atoms with van der Waals surface area (Å²) >= 11 is 2.77. The van der Waals surface area contributed by atoms with E-state index in [4.69, 9.17) is 0 Å². The fraction of sp³-hybridized carbons (Fsp3) is 0.412. The number of hydrogen-bond acceptors (Lipinski definition) is 4. The molecule has 0 aliphatic heterocycles. The fourth-order valence-electron chi connectivity index (χ4n) is 2.04. The van der Waals surface area contributed by atoms with Crippen LogP contribution in [0.4, 0.5) is 13.2 Å². The van der Waals surface area contributed by atoms with E-state index in [0.29, 0.717) is 23.9 Å². The van der Waals surface area contributed by atoms with E-state index in [1.54, 1.807) is 18.8 Å². The molecule has 2 N–H and O–H groups in total. The van der Waals surface area contributed by atoms with Crippen LogP contribution in [0.15, 0.2) is 39.5 Å². The Morgan fingerprint density at radius 1 is 1.19 bits per heavy atom. The van der Waals surface area contributed by atoms with Gasteiger partial charge in [-0.15, -0.1) is 23.1 Å². The molecule has 0 bridgehead atoms. The molecule has 1 aromatic heterocycles. The second kappa shape index (κ2) is 9.82. The van der Waals surface area contributed by atoms with Crippen LogP contribution in [0.3, 0.4) is 0 Å². The van der Waals surface area contributed by atoms with Gasteiger partial charge in [0.15, 0.2) is 11.7 Å². The molecule has 0 saturated heterocycles. The van der Waals surface area contributed by atoms with Crippen LogP contribution in [-0.2, 0) is 12.6 Å². The SMILES string of the molecule is CN=C(NCCSc1ccc(C)cc1)NCCc1nc(C(F)(F)F)cs1. The van der Waals surface area contributed by atoms with Crippen molar-refractivity contribution in [2.75, 3.05) is 25.9 Å². The van der Waals surface area contributed by atoms with E-state index in [2.05, 4.69) is 51.8 Å². The monoisotopic (exact) mass is 402 g/mol. The van der Waals surface area contributed by atoms with E-state index in [0.717, 1.165) is 29.0 Å². The number of thioether (sulfide) groups is 1. The highest BCUT2D eigenvalue weighted by atomic mass is 32.2. The van der Waals surface area contributed by atoms with E-state index < -0.39 is 11.9 Å². The summed E-state index contributed by atoms with van der Waals surface area (Å²) in [5.74, 6) is 1.51. The number of guanidine groups is 1. The molecule has 0 atom stereocenters. The summed E-state index contributed by atoms with van der Waals surface area (Å²) in [4.78, 5) is 8.93. The van der Waals surface area contributed by atoms with Crippen molar-refractivity contribution in [3.63, 3.8) is 0 Å². The molecule has 0 spiro atoms. The smallest absolute Gasteiger partial charge is 0.356 e. The predicted octanol–water partition coefficient (Wildman–Crippen LogP) is 3.97. The minimum Gasteiger partial charge on any atom is -0.356 e. The summed E-state index contributed by atoms with van der Waals surface area (Å²) in [5, 5.41) is 7.78. The van der Waals surface area contributed by atoms with Gasteiger partial charge in [0.05, 0.1) is 5.01 Å². The van der Waals surface area contributed by atoms with Crippen LogP contribution < -0.4 is 10.6 Å². The van der Waals surface area contributed by atoms with Gasteiger partial charge in [0.25, 0.3) is 0 Å². The number of aromatic nitrogens is 1. The molecular weight excluding hydrogens is 381 g/mol. The van der Waals surface area contributed by atoms with Gasteiger partial charge in [-0.3, -0.25) is 4.99 Å². The van der Waals surface area contributed by atoms with Crippen LogP contribution in [0.1, 0.15) is 16.3 Å². The number of halogens is 3. The van der Waals surface area contributed by atoms with E-state index in [-0.39, 0.29) is 0 Å². The molecule has 1 heterocycles. The minimum atomic E-state index is -4.38. The molecule has 0 fully saturated rings. The van der Waals surface area contributed by atoms with Crippen LogP contribution in [-0.4, -0.2) is 36.8 Å². The Morgan fingerprint density at radius 3 is 2.50 bits per heavy atom. The third-order valence-corrected chi connectivity index (χ3v) is 5.30. The number of nitrogens with zero attached hydrogens (tertiary/aromatic N) is 2. The zero-order valence-corrected chi connectivity index (χ0v) is 16.2. The van der Waals surface area contributed by atoms with Crippen molar-refractivity contribution in [2.45, 2.75) is 24.4 Å². The summed E-state index contributed by atoms with van der Waals surface area (Å²) in [5.41, 5.74) is 0.410. The maximum atomic E-state index is 12.5. The zero-order chi connectivity index (χ0) is 19.0. The normalized spacial score (nSPS) is 12.3. The van der Waals surface area contributed by atoms with Crippen molar-refractivity contribution >= 4 is 29.1 Å². The first-order valence-electron chi connectivity index (χ1n) is 8.04. The van der Waals surface area contributed by atoms with Crippen LogP contribution in [0, 0.1) is 6.92 Å². The van der Waals surface area contributed by atoms with Gasteiger partial charge in [-0.2, -0.15) is 13.2 Å². The molecule has 26 heavy (non-hydrogen) atoms. The summed E-state index contributed by atoms with van der Waals surface area (Å²) in [6.45, 7) is 3.25. The minimum absolute atomic E-state index is 0.416. The first-order chi connectivity index (χ1) is 12.4. The molecule has 0 saturated carbocycles. The van der Waals surface area contributed by atoms with Gasteiger partial charge >= 0.3 is 6.18 Å². The highest BCUT2D eigenvalue weighted by Crippen LogP contribution is 2.30. The molecule has 0 aliphatic rings. The Hall–Kier alpha value is -1.74. The van der Waals surface area contributed by atoms with Crippen molar-refractivity contribution in [3.05, 3.63) is 45.9 Å². The zero-order valence-electron chi connectivity index (χ0n) is 14.6. The molecule has 1 aromatic carbocycles. The van der Waals surface area contributed by atoms with Crippen molar-refractivity contribution in [3.8, 4) is 0 Å². The lowest BCUT2D eigenvalue weighted by molar-refractivity contribution is -0.140. The average Bonchev–Trinajstić information content (AvgIpc) is 3.08. The molecule has 2 rings (SSSR count). The number of aryl methyl sites for hydroxylation is 1. The summed E-state index contributed by atoms with van der Waals surface area (Å²) in [7, 11) is 1.66. The van der Waals surface area contributed by atoms with Gasteiger partial charge in [-0.05, 0) is 19.1 Å². The van der Waals surface area contributed by atoms with E-state index in [1.165, 1.54) is 10.5 Å². The summed E-state index contributed by atoms with van der Waals surface area (Å²) in [6.07, 6.45) is -3.96. The van der Waals surface area contributed by atoms with Crippen LogP contribution in [0.5, 0.6) is 0 Å². The molecule has 2 aromatic rings. The van der Waals surface area contributed by atoms with Gasteiger partial charge in [-0.25, -0.2) is 4.98 Å². The Balaban J connectivity index is 1.66. The third kappa shape index (κ3) is 6.87. The topological polar surface area (TPSA) is 49.3 Å². The van der Waals surface area contributed by atoms with Crippen LogP contribution in [0.25, 0.3) is 0 Å². The molecule has 9 heteroatoms. The Kier molecular flexibility index (Phi) is 7.77. The summed E-state index contributed by atoms with van der Waals surface area (Å²) < 4.78 is 37.6. The lowest BCUT2D eigenvalue weighted by Crippen LogP contribution is -2.39. The number of rotatable bonds is 7. The maximum absolute atomic E-state index is 12.5.